The molecule has 1 aliphatic carbocycles. The maximum absolute atomic E-state index is 12.4. The summed E-state index contributed by atoms with van der Waals surface area (Å²) in [5.74, 6) is 0.693. The summed E-state index contributed by atoms with van der Waals surface area (Å²) in [5, 5.41) is 0. The first-order chi connectivity index (χ1) is 10.6. The van der Waals surface area contributed by atoms with Crippen LogP contribution in [0.4, 0.5) is 4.79 Å². The molecule has 0 heterocycles. The molecule has 0 aromatic rings. The van der Waals surface area contributed by atoms with Crippen molar-refractivity contribution in [3.8, 4) is 0 Å². The first-order valence-electron chi connectivity index (χ1n) is 8.85. The molecule has 1 amide bonds. The maximum atomic E-state index is 12.4. The van der Waals surface area contributed by atoms with Gasteiger partial charge < -0.3 is 14.4 Å². The molecule has 0 saturated heterocycles. The van der Waals surface area contributed by atoms with E-state index in [4.69, 9.17) is 9.47 Å². The van der Waals surface area contributed by atoms with E-state index in [0.29, 0.717) is 25.1 Å². The standard InChI is InChI=1S/C18H34INO3/c1-7-15(14-10-9-11-14)22-18(6,12-19)13-20(8-2)16(21)23-17(3,4)5/h14-15H,7-13H2,1-6H3. The molecule has 0 aromatic heterocycles. The molecule has 2 unspecified atom stereocenters. The molecule has 1 fully saturated rings. The molecule has 23 heavy (non-hydrogen) atoms. The normalized spacial score (nSPS) is 19.6. The highest BCUT2D eigenvalue weighted by atomic mass is 127. The lowest BCUT2D eigenvalue weighted by Crippen LogP contribution is -2.50. The number of likely N-dealkylation sites (N-methyl/N-ethyl adjacent to an activating group) is 1. The number of amides is 1. The van der Waals surface area contributed by atoms with Gasteiger partial charge in [-0.3, -0.25) is 0 Å². The fourth-order valence-corrected chi connectivity index (χ4v) is 3.26. The summed E-state index contributed by atoms with van der Waals surface area (Å²) in [4.78, 5) is 14.1. The van der Waals surface area contributed by atoms with E-state index in [0.717, 1.165) is 10.8 Å². The Hall–Kier alpha value is -0.0400. The smallest absolute Gasteiger partial charge is 0.410 e. The zero-order chi connectivity index (χ0) is 17.7. The number of hydrogen-bond acceptors (Lipinski definition) is 3. The highest BCUT2D eigenvalue weighted by Gasteiger charge is 2.36. The zero-order valence-corrected chi connectivity index (χ0v) is 17.8. The summed E-state index contributed by atoms with van der Waals surface area (Å²) in [6, 6.07) is 0. The number of alkyl halides is 1. The first kappa shape index (κ1) is 21.0. The number of hydrogen-bond donors (Lipinski definition) is 0. The van der Waals surface area contributed by atoms with Crippen LogP contribution in [0, 0.1) is 5.92 Å². The van der Waals surface area contributed by atoms with E-state index in [1.54, 1.807) is 4.90 Å². The highest BCUT2D eigenvalue weighted by Crippen LogP contribution is 2.35. The van der Waals surface area contributed by atoms with Crippen molar-refractivity contribution in [2.24, 2.45) is 5.92 Å². The van der Waals surface area contributed by atoms with Gasteiger partial charge in [-0.2, -0.15) is 0 Å². The SMILES string of the molecule is CCC(OC(C)(CI)CN(CC)C(=O)OC(C)(C)C)C1CCC1. The van der Waals surface area contributed by atoms with Gasteiger partial charge in [0.1, 0.15) is 5.60 Å². The van der Waals surface area contributed by atoms with Crippen LogP contribution < -0.4 is 0 Å². The van der Waals surface area contributed by atoms with Crippen LogP contribution in [0.25, 0.3) is 0 Å². The summed E-state index contributed by atoms with van der Waals surface area (Å²) in [7, 11) is 0. The second-order valence-corrected chi connectivity index (χ2v) is 8.60. The van der Waals surface area contributed by atoms with Crippen molar-refractivity contribution in [2.45, 2.75) is 84.5 Å². The molecule has 0 N–H and O–H groups in total. The fourth-order valence-electron chi connectivity index (χ4n) is 2.84. The highest BCUT2D eigenvalue weighted by molar-refractivity contribution is 14.1. The predicted molar refractivity (Wildman–Crippen MR) is 103 cm³/mol. The van der Waals surface area contributed by atoms with Crippen LogP contribution in [0.15, 0.2) is 0 Å². The van der Waals surface area contributed by atoms with E-state index < -0.39 is 5.60 Å². The third kappa shape index (κ3) is 6.77. The Morgan fingerprint density at radius 2 is 1.87 bits per heavy atom. The molecule has 0 radical (unpaired) electrons. The molecule has 0 bridgehead atoms. The number of carbonyl (C=O) groups is 1. The number of carbonyl (C=O) groups excluding carboxylic acids is 1. The van der Waals surface area contributed by atoms with Gasteiger partial charge in [-0.15, -0.1) is 0 Å². The van der Waals surface area contributed by atoms with E-state index >= 15 is 0 Å². The Labute approximate surface area is 155 Å². The Bertz CT molecular complexity index is 379. The third-order valence-corrected chi connectivity index (χ3v) is 5.97. The van der Waals surface area contributed by atoms with Gasteiger partial charge in [0.15, 0.2) is 0 Å². The van der Waals surface area contributed by atoms with Gasteiger partial charge in [0.2, 0.25) is 0 Å². The molecule has 1 saturated carbocycles. The molecular weight excluding hydrogens is 405 g/mol. The molecule has 0 aromatic carbocycles. The number of rotatable bonds is 8. The van der Waals surface area contributed by atoms with Crippen LogP contribution in [-0.4, -0.2) is 45.8 Å². The van der Waals surface area contributed by atoms with E-state index in [9.17, 15) is 4.79 Å². The molecule has 0 spiro atoms. The topological polar surface area (TPSA) is 38.8 Å². The van der Waals surface area contributed by atoms with Crippen LogP contribution >= 0.6 is 22.6 Å². The van der Waals surface area contributed by atoms with Crippen molar-refractivity contribution in [3.05, 3.63) is 0 Å². The molecule has 136 valence electrons. The molecule has 1 rings (SSSR count). The molecule has 5 heteroatoms. The third-order valence-electron chi connectivity index (χ3n) is 4.36. The van der Waals surface area contributed by atoms with E-state index in [2.05, 4.69) is 36.4 Å². The molecular formula is C18H34INO3. The minimum absolute atomic E-state index is 0.253. The van der Waals surface area contributed by atoms with E-state index in [1.807, 2.05) is 27.7 Å². The summed E-state index contributed by atoms with van der Waals surface area (Å²) in [6.45, 7) is 13.2. The molecule has 1 aliphatic rings. The molecule has 4 nitrogen and oxygen atoms in total. The summed E-state index contributed by atoms with van der Waals surface area (Å²) in [5.41, 5.74) is -0.798. The Morgan fingerprint density at radius 3 is 2.22 bits per heavy atom. The van der Waals surface area contributed by atoms with Crippen molar-refractivity contribution in [1.82, 2.24) is 4.90 Å². The maximum Gasteiger partial charge on any atom is 0.410 e. The van der Waals surface area contributed by atoms with Crippen molar-refractivity contribution in [3.63, 3.8) is 0 Å². The van der Waals surface area contributed by atoms with Crippen LogP contribution in [0.1, 0.15) is 67.2 Å². The van der Waals surface area contributed by atoms with Crippen LogP contribution in [-0.2, 0) is 9.47 Å². The predicted octanol–water partition coefficient (Wildman–Crippen LogP) is 5.03. The number of nitrogens with zero attached hydrogens (tertiary/aromatic N) is 1. The number of halogens is 1. The minimum atomic E-state index is -0.468. The second kappa shape index (κ2) is 8.88. The molecule has 0 aliphatic heterocycles. The lowest BCUT2D eigenvalue weighted by atomic mass is 9.80. The summed E-state index contributed by atoms with van der Waals surface area (Å²) < 4.78 is 12.9. The van der Waals surface area contributed by atoms with Gasteiger partial charge in [0, 0.05) is 11.0 Å². The van der Waals surface area contributed by atoms with Crippen molar-refractivity contribution in [2.75, 3.05) is 17.5 Å². The quantitative estimate of drug-likeness (QED) is 0.393. The van der Waals surface area contributed by atoms with Gasteiger partial charge in [-0.05, 0) is 59.8 Å². The van der Waals surface area contributed by atoms with Crippen molar-refractivity contribution < 1.29 is 14.3 Å². The lowest BCUT2D eigenvalue weighted by molar-refractivity contribution is -0.116. The van der Waals surface area contributed by atoms with Crippen LogP contribution in [0.5, 0.6) is 0 Å². The second-order valence-electron chi connectivity index (χ2n) is 7.83. The average Bonchev–Trinajstić information content (AvgIpc) is 2.40. The van der Waals surface area contributed by atoms with Gasteiger partial charge in [-0.1, -0.05) is 35.9 Å². The van der Waals surface area contributed by atoms with Gasteiger partial charge in [0.05, 0.1) is 18.2 Å². The first-order valence-corrected chi connectivity index (χ1v) is 10.4. The largest absolute Gasteiger partial charge is 0.444 e. The van der Waals surface area contributed by atoms with E-state index in [1.165, 1.54) is 19.3 Å². The molecule has 2 atom stereocenters. The van der Waals surface area contributed by atoms with Gasteiger partial charge in [0.25, 0.3) is 0 Å². The fraction of sp³-hybridized carbons (Fsp3) is 0.944. The monoisotopic (exact) mass is 439 g/mol. The summed E-state index contributed by atoms with van der Waals surface area (Å²) >= 11 is 2.37. The Morgan fingerprint density at radius 1 is 1.26 bits per heavy atom. The van der Waals surface area contributed by atoms with Crippen molar-refractivity contribution in [1.29, 1.82) is 0 Å². The number of ether oxygens (including phenoxy) is 2. The van der Waals surface area contributed by atoms with Crippen LogP contribution in [0.3, 0.4) is 0 Å². The Balaban J connectivity index is 2.71. The minimum Gasteiger partial charge on any atom is -0.444 e. The van der Waals surface area contributed by atoms with Crippen molar-refractivity contribution >= 4 is 28.7 Å². The van der Waals surface area contributed by atoms with E-state index in [-0.39, 0.29) is 11.7 Å². The summed E-state index contributed by atoms with van der Waals surface area (Å²) in [6.07, 6.45) is 4.97. The average molecular weight is 439 g/mol. The van der Waals surface area contributed by atoms with Gasteiger partial charge >= 0.3 is 6.09 Å². The van der Waals surface area contributed by atoms with Gasteiger partial charge in [-0.25, -0.2) is 4.79 Å². The Kier molecular flexibility index (Phi) is 8.11. The lowest BCUT2D eigenvalue weighted by Gasteiger charge is -2.41. The van der Waals surface area contributed by atoms with Crippen LogP contribution in [0.2, 0.25) is 0 Å². The zero-order valence-electron chi connectivity index (χ0n) is 15.7.